The van der Waals surface area contributed by atoms with Crippen LogP contribution in [0, 0.1) is 0 Å². The molecule has 2 aliphatic heterocycles. The van der Waals surface area contributed by atoms with Gasteiger partial charge in [-0.15, -0.1) is 0 Å². The van der Waals surface area contributed by atoms with Gasteiger partial charge in [0.2, 0.25) is 11.8 Å². The van der Waals surface area contributed by atoms with E-state index >= 15 is 4.79 Å². The van der Waals surface area contributed by atoms with E-state index in [1.807, 2.05) is 95.0 Å². The van der Waals surface area contributed by atoms with Crippen molar-refractivity contribution in [3.8, 4) is 5.88 Å². The van der Waals surface area contributed by atoms with E-state index in [1.54, 1.807) is 30.1 Å². The standard InChI is InChI=1S/C36H45Cl2N7O3/c1-9-48-31-28(22-39-32(40-31)34(2,3)4)30-41-35(5,24-10-14-26(37)15-11-24)36(6,25-12-16-27(38)17-13-25)45(30)33(47)44-20-18-43(19-21-44)23-29(46)42(7)8/h10-17,22H,9,18-21,23H2,1-8H3. The molecule has 3 amide bonds. The van der Waals surface area contributed by atoms with Gasteiger partial charge in [0.05, 0.1) is 18.7 Å². The molecule has 1 fully saturated rings. The number of halogens is 2. The number of nitrogens with zero attached hydrogens (tertiary/aromatic N) is 7. The molecule has 10 nitrogen and oxygen atoms in total. The molecule has 1 saturated heterocycles. The number of hydrogen-bond donors (Lipinski definition) is 0. The zero-order valence-electron chi connectivity index (χ0n) is 29.0. The summed E-state index contributed by atoms with van der Waals surface area (Å²) in [6.07, 6.45) is 1.72. The maximum absolute atomic E-state index is 15.1. The lowest BCUT2D eigenvalue weighted by molar-refractivity contribution is -0.130. The molecule has 48 heavy (non-hydrogen) atoms. The molecular weight excluding hydrogens is 649 g/mol. The van der Waals surface area contributed by atoms with Gasteiger partial charge in [-0.05, 0) is 56.2 Å². The number of rotatable bonds is 7. The molecule has 0 spiro atoms. The summed E-state index contributed by atoms with van der Waals surface area (Å²) in [6.45, 7) is 14.8. The van der Waals surface area contributed by atoms with Gasteiger partial charge in [-0.3, -0.25) is 19.6 Å². The zero-order chi connectivity index (χ0) is 35.0. The molecule has 0 saturated carbocycles. The van der Waals surface area contributed by atoms with Crippen molar-refractivity contribution in [1.29, 1.82) is 0 Å². The molecule has 5 rings (SSSR count). The minimum absolute atomic E-state index is 0.0277. The van der Waals surface area contributed by atoms with E-state index in [0.29, 0.717) is 72.5 Å². The normalized spacial score (nSPS) is 21.7. The van der Waals surface area contributed by atoms with Crippen molar-refractivity contribution in [3.05, 3.63) is 87.3 Å². The monoisotopic (exact) mass is 693 g/mol. The lowest BCUT2D eigenvalue weighted by atomic mass is 9.71. The molecule has 12 heteroatoms. The Labute approximate surface area is 293 Å². The highest BCUT2D eigenvalue weighted by Crippen LogP contribution is 2.54. The van der Waals surface area contributed by atoms with Crippen LogP contribution in [0.1, 0.15) is 64.1 Å². The molecule has 0 aliphatic carbocycles. The third kappa shape index (κ3) is 6.62. The number of carbonyl (C=O) groups is 2. The molecule has 3 heterocycles. The van der Waals surface area contributed by atoms with Crippen molar-refractivity contribution in [1.82, 2.24) is 29.6 Å². The van der Waals surface area contributed by atoms with Crippen LogP contribution in [0.25, 0.3) is 0 Å². The molecule has 3 aromatic rings. The first-order chi connectivity index (χ1) is 22.6. The zero-order valence-corrected chi connectivity index (χ0v) is 30.6. The highest BCUT2D eigenvalue weighted by molar-refractivity contribution is 6.30. The van der Waals surface area contributed by atoms with Crippen molar-refractivity contribution >= 4 is 41.0 Å². The fourth-order valence-electron chi connectivity index (χ4n) is 6.27. The van der Waals surface area contributed by atoms with Crippen molar-refractivity contribution in [2.45, 2.75) is 58.0 Å². The third-order valence-corrected chi connectivity index (χ3v) is 9.89. The highest BCUT2D eigenvalue weighted by Gasteiger charge is 2.60. The summed E-state index contributed by atoms with van der Waals surface area (Å²) >= 11 is 12.8. The molecule has 256 valence electrons. The Bertz CT molecular complexity index is 1680. The quantitative estimate of drug-likeness (QED) is 0.293. The average molecular weight is 695 g/mol. The van der Waals surface area contributed by atoms with E-state index < -0.39 is 11.1 Å². The lowest BCUT2D eigenvalue weighted by Gasteiger charge is -2.47. The van der Waals surface area contributed by atoms with Crippen LogP contribution in [0.2, 0.25) is 10.0 Å². The average Bonchev–Trinajstić information content (AvgIpc) is 3.29. The van der Waals surface area contributed by atoms with E-state index in [4.69, 9.17) is 42.9 Å². The minimum atomic E-state index is -1.05. The molecule has 0 N–H and O–H groups in total. The second-order valence-corrected chi connectivity index (χ2v) is 14.7. The van der Waals surface area contributed by atoms with E-state index in [1.165, 1.54) is 0 Å². The number of carbonyl (C=O) groups excluding carboxylic acids is 2. The summed E-state index contributed by atoms with van der Waals surface area (Å²) < 4.78 is 6.15. The Kier molecular flexibility index (Phi) is 10.1. The summed E-state index contributed by atoms with van der Waals surface area (Å²) in [4.78, 5) is 49.9. The molecule has 2 aromatic carbocycles. The van der Waals surface area contributed by atoms with Gasteiger partial charge >= 0.3 is 6.03 Å². The number of piperazine rings is 1. The van der Waals surface area contributed by atoms with Gasteiger partial charge in [-0.2, -0.15) is 4.98 Å². The Hall–Kier alpha value is -3.73. The summed E-state index contributed by atoms with van der Waals surface area (Å²) in [5.41, 5.74) is -0.150. The third-order valence-electron chi connectivity index (χ3n) is 9.39. The van der Waals surface area contributed by atoms with Gasteiger partial charge in [0.25, 0.3) is 0 Å². The van der Waals surface area contributed by atoms with E-state index in [0.717, 1.165) is 11.1 Å². The predicted octanol–water partition coefficient (Wildman–Crippen LogP) is 6.20. The van der Waals surface area contributed by atoms with Crippen LogP contribution in [0.4, 0.5) is 4.79 Å². The predicted molar refractivity (Wildman–Crippen MR) is 190 cm³/mol. The Balaban J connectivity index is 1.69. The molecule has 2 atom stereocenters. The second-order valence-electron chi connectivity index (χ2n) is 13.9. The molecule has 0 radical (unpaired) electrons. The number of urea groups is 1. The van der Waals surface area contributed by atoms with Crippen molar-refractivity contribution in [2.75, 3.05) is 53.4 Å². The molecule has 0 bridgehead atoms. The smallest absolute Gasteiger partial charge is 0.326 e. The maximum Gasteiger partial charge on any atom is 0.326 e. The first-order valence-corrected chi connectivity index (χ1v) is 17.0. The van der Waals surface area contributed by atoms with Crippen molar-refractivity contribution in [2.24, 2.45) is 4.99 Å². The van der Waals surface area contributed by atoms with Gasteiger partial charge < -0.3 is 14.5 Å². The van der Waals surface area contributed by atoms with Crippen LogP contribution in [-0.4, -0.2) is 101 Å². The summed E-state index contributed by atoms with van der Waals surface area (Å²) in [7, 11) is 3.50. The molecule has 2 unspecified atom stereocenters. The summed E-state index contributed by atoms with van der Waals surface area (Å²) in [5, 5.41) is 1.18. The number of aromatic nitrogens is 2. The van der Waals surface area contributed by atoms with Crippen LogP contribution < -0.4 is 4.74 Å². The van der Waals surface area contributed by atoms with Crippen LogP contribution in [0.15, 0.2) is 59.7 Å². The molecule has 2 aliphatic rings. The molecule has 1 aromatic heterocycles. The van der Waals surface area contributed by atoms with Gasteiger partial charge in [0.15, 0.2) is 0 Å². The number of amidine groups is 1. The Morgan fingerprint density at radius 3 is 2.00 bits per heavy atom. The number of aliphatic imine (C=N–C) groups is 1. The summed E-state index contributed by atoms with van der Waals surface area (Å²) in [5.74, 6) is 1.42. The van der Waals surface area contributed by atoms with Crippen molar-refractivity contribution < 1.29 is 14.3 Å². The highest BCUT2D eigenvalue weighted by atomic mass is 35.5. The van der Waals surface area contributed by atoms with E-state index in [-0.39, 0.29) is 17.4 Å². The first-order valence-electron chi connectivity index (χ1n) is 16.2. The van der Waals surface area contributed by atoms with Gasteiger partial charge in [0, 0.05) is 61.9 Å². The number of hydrogen-bond acceptors (Lipinski definition) is 7. The fraction of sp³-hybridized carbons (Fsp3) is 0.472. The number of ether oxygens (including phenoxy) is 1. The van der Waals surface area contributed by atoms with Crippen molar-refractivity contribution in [3.63, 3.8) is 0 Å². The first kappa shape index (κ1) is 35.6. The Morgan fingerprint density at radius 1 is 0.917 bits per heavy atom. The number of likely N-dealkylation sites (N-methyl/N-ethyl adjacent to an activating group) is 1. The van der Waals surface area contributed by atoms with Crippen LogP contribution in [-0.2, 0) is 21.3 Å². The van der Waals surface area contributed by atoms with Gasteiger partial charge in [0.1, 0.15) is 22.7 Å². The molecular formula is C36H45Cl2N7O3. The van der Waals surface area contributed by atoms with E-state index in [2.05, 4.69) is 4.90 Å². The second kappa shape index (κ2) is 13.6. The minimum Gasteiger partial charge on any atom is -0.477 e. The fourth-order valence-corrected chi connectivity index (χ4v) is 6.52. The van der Waals surface area contributed by atoms with Crippen LogP contribution in [0.3, 0.4) is 0 Å². The Morgan fingerprint density at radius 2 is 1.48 bits per heavy atom. The number of benzene rings is 2. The largest absolute Gasteiger partial charge is 0.477 e. The van der Waals surface area contributed by atoms with Crippen LogP contribution >= 0.6 is 23.2 Å². The van der Waals surface area contributed by atoms with Gasteiger partial charge in [-0.25, -0.2) is 9.78 Å². The lowest BCUT2D eigenvalue weighted by Crippen LogP contribution is -2.61. The van der Waals surface area contributed by atoms with Crippen LogP contribution in [0.5, 0.6) is 5.88 Å². The summed E-state index contributed by atoms with van der Waals surface area (Å²) in [6, 6.07) is 14.9. The number of amides is 3. The van der Waals surface area contributed by atoms with E-state index in [9.17, 15) is 4.79 Å². The SMILES string of the molecule is CCOc1nc(C(C)(C)C)ncc1C1=NC(C)(c2ccc(Cl)cc2)C(C)(c2ccc(Cl)cc2)N1C(=O)N1CCN(CC(=O)N(C)C)CC1. The maximum atomic E-state index is 15.1. The van der Waals surface area contributed by atoms with Gasteiger partial charge in [-0.1, -0.05) is 68.2 Å². The topological polar surface area (TPSA) is 94.5 Å².